The van der Waals surface area contributed by atoms with Crippen LogP contribution in [0, 0.1) is 0 Å². The van der Waals surface area contributed by atoms with Crippen LogP contribution in [-0.2, 0) is 0 Å². The van der Waals surface area contributed by atoms with Crippen molar-refractivity contribution in [1.82, 2.24) is 24.3 Å². The average Bonchev–Trinajstić information content (AvgIpc) is 2.92. The monoisotopic (exact) mass is 307 g/mol. The molecule has 0 bridgehead atoms. The first-order valence-corrected chi connectivity index (χ1v) is 6.87. The van der Waals surface area contributed by atoms with Gasteiger partial charge < -0.3 is 16.2 Å². The largest absolute Gasteiger partial charge is 0.467 e. The first-order valence-electron chi connectivity index (χ1n) is 6.87. The van der Waals surface area contributed by atoms with Crippen LogP contribution in [0.4, 0.5) is 11.6 Å². The second-order valence-corrected chi connectivity index (χ2v) is 4.93. The van der Waals surface area contributed by atoms with E-state index in [1.165, 1.54) is 7.11 Å². The predicted molar refractivity (Wildman–Crippen MR) is 86.9 cm³/mol. The molecule has 4 aromatic rings. The second kappa shape index (κ2) is 4.80. The smallest absolute Gasteiger partial charge is 0.316 e. The molecule has 0 unspecified atom stereocenters. The molecule has 4 heterocycles. The van der Waals surface area contributed by atoms with E-state index < -0.39 is 0 Å². The molecule has 0 aliphatic rings. The van der Waals surface area contributed by atoms with E-state index in [9.17, 15) is 0 Å². The van der Waals surface area contributed by atoms with Gasteiger partial charge >= 0.3 is 6.01 Å². The van der Waals surface area contributed by atoms with Crippen molar-refractivity contribution < 1.29 is 4.74 Å². The van der Waals surface area contributed by atoms with Gasteiger partial charge in [0.15, 0.2) is 0 Å². The van der Waals surface area contributed by atoms with Crippen molar-refractivity contribution in [1.29, 1.82) is 0 Å². The van der Waals surface area contributed by atoms with Crippen molar-refractivity contribution in [2.24, 2.45) is 0 Å². The third-order valence-corrected chi connectivity index (χ3v) is 3.66. The quantitative estimate of drug-likeness (QED) is 0.576. The molecule has 0 radical (unpaired) electrons. The van der Waals surface area contributed by atoms with Crippen LogP contribution in [-0.4, -0.2) is 31.4 Å². The zero-order valence-corrected chi connectivity index (χ0v) is 12.3. The van der Waals surface area contributed by atoms with E-state index in [4.69, 9.17) is 16.2 Å². The van der Waals surface area contributed by atoms with E-state index in [1.54, 1.807) is 35.1 Å². The zero-order chi connectivity index (χ0) is 16.0. The third-order valence-electron chi connectivity index (χ3n) is 3.66. The van der Waals surface area contributed by atoms with Crippen molar-refractivity contribution in [3.63, 3.8) is 0 Å². The van der Waals surface area contributed by atoms with E-state index in [0.717, 1.165) is 16.5 Å². The van der Waals surface area contributed by atoms with E-state index in [0.29, 0.717) is 23.0 Å². The molecule has 4 aromatic heterocycles. The minimum atomic E-state index is 0.277. The summed E-state index contributed by atoms with van der Waals surface area (Å²) in [6.45, 7) is 0. The number of nitrogens with zero attached hydrogens (tertiary/aromatic N) is 5. The summed E-state index contributed by atoms with van der Waals surface area (Å²) < 4.78 is 6.88. The number of pyridine rings is 1. The third kappa shape index (κ3) is 1.85. The van der Waals surface area contributed by atoms with Crippen LogP contribution in [0.1, 0.15) is 0 Å². The standard InChI is InChI=1S/C15H13N7O/c1-23-15-20-6-3-9(21-15)12-10-4-7-19-14(17)22(10)13-11(12)8(16)2-5-18-13/h2-7H,1H3,(H2,16,18)(H2,17,19). The minimum Gasteiger partial charge on any atom is -0.467 e. The van der Waals surface area contributed by atoms with Gasteiger partial charge in [0.25, 0.3) is 0 Å². The Bertz CT molecular complexity index is 1040. The van der Waals surface area contributed by atoms with Crippen LogP contribution in [0.5, 0.6) is 6.01 Å². The molecular weight excluding hydrogens is 294 g/mol. The average molecular weight is 307 g/mol. The van der Waals surface area contributed by atoms with Crippen LogP contribution in [0.2, 0.25) is 0 Å². The predicted octanol–water partition coefficient (Wildman–Crippen LogP) is 1.51. The zero-order valence-electron chi connectivity index (χ0n) is 12.3. The molecule has 0 fully saturated rings. The number of rotatable bonds is 2. The van der Waals surface area contributed by atoms with Gasteiger partial charge in [-0.2, -0.15) is 4.98 Å². The van der Waals surface area contributed by atoms with Gasteiger partial charge in [0.05, 0.1) is 23.7 Å². The highest BCUT2D eigenvalue weighted by Crippen LogP contribution is 2.37. The van der Waals surface area contributed by atoms with E-state index in [1.807, 2.05) is 6.07 Å². The number of methoxy groups -OCH3 is 1. The first kappa shape index (κ1) is 13.3. The molecule has 4 N–H and O–H groups in total. The van der Waals surface area contributed by atoms with Gasteiger partial charge in [0.1, 0.15) is 5.65 Å². The summed E-state index contributed by atoms with van der Waals surface area (Å²) in [5, 5.41) is 0.771. The minimum absolute atomic E-state index is 0.277. The van der Waals surface area contributed by atoms with Crippen LogP contribution in [0.25, 0.3) is 27.8 Å². The summed E-state index contributed by atoms with van der Waals surface area (Å²) in [6, 6.07) is 5.66. The lowest BCUT2D eigenvalue weighted by Crippen LogP contribution is -2.00. The highest BCUT2D eigenvalue weighted by molar-refractivity contribution is 6.09. The Morgan fingerprint density at radius 1 is 1.00 bits per heavy atom. The van der Waals surface area contributed by atoms with Crippen molar-refractivity contribution in [3.05, 3.63) is 36.8 Å². The molecule has 0 atom stereocenters. The molecule has 0 saturated heterocycles. The molecule has 114 valence electrons. The lowest BCUT2D eigenvalue weighted by Gasteiger charge is -2.04. The summed E-state index contributed by atoms with van der Waals surface area (Å²) in [7, 11) is 1.52. The maximum absolute atomic E-state index is 6.19. The first-order chi connectivity index (χ1) is 11.2. The number of aromatic nitrogens is 5. The van der Waals surface area contributed by atoms with Gasteiger partial charge in [0, 0.05) is 29.8 Å². The van der Waals surface area contributed by atoms with Gasteiger partial charge in [-0.25, -0.2) is 15.0 Å². The van der Waals surface area contributed by atoms with Crippen LogP contribution < -0.4 is 16.2 Å². The maximum Gasteiger partial charge on any atom is 0.316 e. The topological polar surface area (TPSA) is 117 Å². The molecule has 0 spiro atoms. The molecule has 4 rings (SSSR count). The summed E-state index contributed by atoms with van der Waals surface area (Å²) in [6.07, 6.45) is 4.91. The molecule has 23 heavy (non-hydrogen) atoms. The van der Waals surface area contributed by atoms with E-state index >= 15 is 0 Å². The Hall–Kier alpha value is -3.42. The fourth-order valence-electron chi connectivity index (χ4n) is 2.71. The van der Waals surface area contributed by atoms with Crippen molar-refractivity contribution in [3.8, 4) is 17.3 Å². The molecule has 0 aliphatic carbocycles. The molecule has 0 aliphatic heterocycles. The normalized spacial score (nSPS) is 11.2. The molecule has 0 amide bonds. The SMILES string of the molecule is COc1nccc(-c2c3c(N)ccnc3n3c(N)nccc23)n1. The fourth-order valence-corrected chi connectivity index (χ4v) is 2.71. The maximum atomic E-state index is 6.19. The number of nitrogen functional groups attached to an aromatic ring is 2. The molecule has 0 saturated carbocycles. The number of anilines is 2. The molecule has 8 nitrogen and oxygen atoms in total. The van der Waals surface area contributed by atoms with Gasteiger partial charge in [-0.15, -0.1) is 0 Å². The van der Waals surface area contributed by atoms with Crippen LogP contribution in [0.15, 0.2) is 36.8 Å². The van der Waals surface area contributed by atoms with Crippen molar-refractivity contribution in [2.45, 2.75) is 0 Å². The number of fused-ring (bicyclic) bond motifs is 3. The van der Waals surface area contributed by atoms with Crippen LogP contribution in [0.3, 0.4) is 0 Å². The Labute approximate surface area is 130 Å². The van der Waals surface area contributed by atoms with E-state index in [-0.39, 0.29) is 6.01 Å². The number of ether oxygens (including phenoxy) is 1. The lowest BCUT2D eigenvalue weighted by atomic mass is 10.1. The second-order valence-electron chi connectivity index (χ2n) is 4.93. The number of nitrogens with two attached hydrogens (primary N) is 2. The Kier molecular flexibility index (Phi) is 2.77. The Morgan fingerprint density at radius 3 is 2.61 bits per heavy atom. The number of hydrogen-bond acceptors (Lipinski definition) is 7. The van der Waals surface area contributed by atoms with Gasteiger partial charge in [-0.3, -0.25) is 4.40 Å². The summed E-state index contributed by atoms with van der Waals surface area (Å²) in [5.74, 6) is 0.331. The van der Waals surface area contributed by atoms with E-state index in [2.05, 4.69) is 19.9 Å². The highest BCUT2D eigenvalue weighted by atomic mass is 16.5. The lowest BCUT2D eigenvalue weighted by molar-refractivity contribution is 0.380. The fraction of sp³-hybridized carbons (Fsp3) is 0.0667. The van der Waals surface area contributed by atoms with Crippen molar-refractivity contribution in [2.75, 3.05) is 18.6 Å². The van der Waals surface area contributed by atoms with Gasteiger partial charge in [-0.05, 0) is 18.2 Å². The number of hydrogen-bond donors (Lipinski definition) is 2. The Morgan fingerprint density at radius 2 is 1.78 bits per heavy atom. The van der Waals surface area contributed by atoms with Crippen molar-refractivity contribution >= 4 is 28.2 Å². The molecule has 0 aromatic carbocycles. The summed E-state index contributed by atoms with van der Waals surface area (Å²) in [4.78, 5) is 17.0. The summed E-state index contributed by atoms with van der Waals surface area (Å²) in [5.41, 5.74) is 15.8. The summed E-state index contributed by atoms with van der Waals surface area (Å²) >= 11 is 0. The van der Waals surface area contributed by atoms with Gasteiger partial charge in [-0.1, -0.05) is 0 Å². The molecule has 8 heteroatoms. The van der Waals surface area contributed by atoms with Gasteiger partial charge in [0.2, 0.25) is 5.95 Å². The highest BCUT2D eigenvalue weighted by Gasteiger charge is 2.19. The Balaban J connectivity index is 2.21. The molecular formula is C15H13N7O. The van der Waals surface area contributed by atoms with Crippen LogP contribution >= 0.6 is 0 Å².